The van der Waals surface area contributed by atoms with Gasteiger partial charge in [-0.15, -0.1) is 0 Å². The molecule has 1 atom stereocenters. The van der Waals surface area contributed by atoms with E-state index < -0.39 is 12.1 Å². The molecule has 0 fully saturated rings. The molecule has 2 amide bonds. The van der Waals surface area contributed by atoms with Crippen LogP contribution in [0.2, 0.25) is 0 Å². The van der Waals surface area contributed by atoms with Gasteiger partial charge in [0.25, 0.3) is 0 Å². The van der Waals surface area contributed by atoms with Crippen LogP contribution in [0.15, 0.2) is 40.9 Å². The highest BCUT2D eigenvalue weighted by Gasteiger charge is 2.20. The molecule has 124 valence electrons. The molecule has 1 aromatic heterocycles. The second-order valence-corrected chi connectivity index (χ2v) is 6.50. The van der Waals surface area contributed by atoms with Crippen LogP contribution < -0.4 is 10.6 Å². The zero-order valence-electron chi connectivity index (χ0n) is 13.7. The monoisotopic (exact) mass is 317 g/mol. The van der Waals surface area contributed by atoms with Gasteiger partial charge in [0.05, 0.1) is 6.10 Å². The highest BCUT2D eigenvalue weighted by molar-refractivity contribution is 5.88. The molecule has 0 aliphatic rings. The van der Waals surface area contributed by atoms with Crippen molar-refractivity contribution in [2.75, 3.05) is 11.9 Å². The molecule has 2 aromatic rings. The Balaban J connectivity index is 1.77. The minimum Gasteiger partial charge on any atom is -0.391 e. The highest BCUT2D eigenvalue weighted by Crippen LogP contribution is 2.24. The van der Waals surface area contributed by atoms with Gasteiger partial charge in [-0.2, -0.15) is 0 Å². The van der Waals surface area contributed by atoms with Crippen molar-refractivity contribution in [2.45, 2.75) is 38.7 Å². The maximum absolute atomic E-state index is 11.8. The van der Waals surface area contributed by atoms with Gasteiger partial charge in [0.1, 0.15) is 5.76 Å². The zero-order valence-corrected chi connectivity index (χ0v) is 13.7. The van der Waals surface area contributed by atoms with Gasteiger partial charge in [0, 0.05) is 24.4 Å². The van der Waals surface area contributed by atoms with E-state index in [2.05, 4.69) is 15.8 Å². The molecule has 0 aliphatic heterocycles. The van der Waals surface area contributed by atoms with E-state index in [-0.39, 0.29) is 12.0 Å². The summed E-state index contributed by atoms with van der Waals surface area (Å²) in [5.41, 5.74) is 0.850. The van der Waals surface area contributed by atoms with Crippen LogP contribution in [0, 0.1) is 0 Å². The number of nitrogens with zero attached hydrogens (tertiary/aromatic N) is 1. The zero-order chi connectivity index (χ0) is 16.9. The third-order valence-electron chi connectivity index (χ3n) is 3.30. The molecular weight excluding hydrogens is 294 g/mol. The highest BCUT2D eigenvalue weighted by atomic mass is 16.5. The van der Waals surface area contributed by atoms with Crippen molar-refractivity contribution < 1.29 is 14.4 Å². The van der Waals surface area contributed by atoms with E-state index >= 15 is 0 Å². The fourth-order valence-electron chi connectivity index (χ4n) is 2.02. The normalized spacial score (nSPS) is 12.7. The number of nitrogens with one attached hydrogen (secondary N) is 2. The summed E-state index contributed by atoms with van der Waals surface area (Å²) >= 11 is 0. The summed E-state index contributed by atoms with van der Waals surface area (Å²) in [7, 11) is 0. The number of rotatable bonds is 5. The van der Waals surface area contributed by atoms with Crippen LogP contribution >= 0.6 is 0 Å². The average molecular weight is 317 g/mol. The Morgan fingerprint density at radius 2 is 2.00 bits per heavy atom. The van der Waals surface area contributed by atoms with Crippen LogP contribution in [0.4, 0.5) is 10.6 Å². The van der Waals surface area contributed by atoms with E-state index in [1.807, 2.05) is 51.1 Å². The van der Waals surface area contributed by atoms with Gasteiger partial charge in [-0.25, -0.2) is 4.79 Å². The van der Waals surface area contributed by atoms with Gasteiger partial charge in [0.2, 0.25) is 0 Å². The lowest BCUT2D eigenvalue weighted by Crippen LogP contribution is -2.36. The Morgan fingerprint density at radius 1 is 1.30 bits per heavy atom. The van der Waals surface area contributed by atoms with Crippen molar-refractivity contribution in [2.24, 2.45) is 0 Å². The van der Waals surface area contributed by atoms with E-state index in [0.29, 0.717) is 18.0 Å². The maximum atomic E-state index is 11.8. The maximum Gasteiger partial charge on any atom is 0.320 e. The third-order valence-corrected chi connectivity index (χ3v) is 3.30. The standard InChI is InChI=1S/C17H23N3O3/c1-17(2,3)14-10-15(20-23-14)19-16(22)18-11-13(21)9-12-7-5-4-6-8-12/h4-8,10,13,21H,9,11H2,1-3H3,(H2,18,19,20,22). The number of hydrogen-bond acceptors (Lipinski definition) is 4. The van der Waals surface area contributed by atoms with Crippen molar-refractivity contribution in [1.82, 2.24) is 10.5 Å². The SMILES string of the molecule is CC(C)(C)c1cc(NC(=O)NCC(O)Cc2ccccc2)no1. The lowest BCUT2D eigenvalue weighted by atomic mass is 9.93. The van der Waals surface area contributed by atoms with E-state index in [9.17, 15) is 9.90 Å². The minimum absolute atomic E-state index is 0.157. The molecule has 6 heteroatoms. The number of amides is 2. The molecule has 1 heterocycles. The molecule has 3 N–H and O–H groups in total. The minimum atomic E-state index is -0.648. The molecule has 1 aromatic carbocycles. The number of aliphatic hydroxyl groups excluding tert-OH is 1. The van der Waals surface area contributed by atoms with Crippen LogP contribution in [0.3, 0.4) is 0 Å². The molecule has 0 saturated heterocycles. The molecule has 0 bridgehead atoms. The van der Waals surface area contributed by atoms with Crippen molar-refractivity contribution in [1.29, 1.82) is 0 Å². The quantitative estimate of drug-likeness (QED) is 0.791. The third kappa shape index (κ3) is 5.41. The number of benzene rings is 1. The number of aliphatic hydroxyl groups is 1. The number of urea groups is 1. The molecule has 0 saturated carbocycles. The predicted octanol–water partition coefficient (Wildman–Crippen LogP) is 2.70. The smallest absolute Gasteiger partial charge is 0.320 e. The summed E-state index contributed by atoms with van der Waals surface area (Å²) in [4.78, 5) is 11.8. The van der Waals surface area contributed by atoms with Gasteiger partial charge < -0.3 is 14.9 Å². The first-order valence-corrected chi connectivity index (χ1v) is 7.58. The molecule has 23 heavy (non-hydrogen) atoms. The van der Waals surface area contributed by atoms with Crippen LogP contribution in [0.5, 0.6) is 0 Å². The number of carbonyl (C=O) groups is 1. The first-order chi connectivity index (χ1) is 10.8. The second-order valence-electron chi connectivity index (χ2n) is 6.50. The van der Waals surface area contributed by atoms with Gasteiger partial charge >= 0.3 is 6.03 Å². The first-order valence-electron chi connectivity index (χ1n) is 7.58. The lowest BCUT2D eigenvalue weighted by molar-refractivity contribution is 0.172. The Labute approximate surface area is 135 Å². The van der Waals surface area contributed by atoms with Gasteiger partial charge in [-0.05, 0) is 5.56 Å². The summed E-state index contributed by atoms with van der Waals surface area (Å²) < 4.78 is 5.19. The van der Waals surface area contributed by atoms with E-state index in [0.717, 1.165) is 5.56 Å². The van der Waals surface area contributed by atoms with Crippen LogP contribution in [-0.2, 0) is 11.8 Å². The largest absolute Gasteiger partial charge is 0.391 e. The summed E-state index contributed by atoms with van der Waals surface area (Å²) in [6, 6.07) is 10.9. The van der Waals surface area contributed by atoms with Crippen LogP contribution in [0.1, 0.15) is 32.1 Å². The van der Waals surface area contributed by atoms with Gasteiger partial charge in [-0.3, -0.25) is 5.32 Å². The van der Waals surface area contributed by atoms with Gasteiger partial charge in [0.15, 0.2) is 5.82 Å². The van der Waals surface area contributed by atoms with Crippen molar-refractivity contribution in [3.63, 3.8) is 0 Å². The number of carbonyl (C=O) groups excluding carboxylic acids is 1. The second kappa shape index (κ2) is 7.28. The van der Waals surface area contributed by atoms with E-state index in [4.69, 9.17) is 4.52 Å². The van der Waals surface area contributed by atoms with Crippen LogP contribution in [0.25, 0.3) is 0 Å². The first kappa shape index (κ1) is 17.0. The fraction of sp³-hybridized carbons (Fsp3) is 0.412. The van der Waals surface area contributed by atoms with Crippen molar-refractivity contribution in [3.8, 4) is 0 Å². The average Bonchev–Trinajstić information content (AvgIpc) is 2.95. The van der Waals surface area contributed by atoms with E-state index in [1.165, 1.54) is 0 Å². The Hall–Kier alpha value is -2.34. The topological polar surface area (TPSA) is 87.4 Å². The fourth-order valence-corrected chi connectivity index (χ4v) is 2.02. The van der Waals surface area contributed by atoms with Crippen molar-refractivity contribution in [3.05, 3.63) is 47.7 Å². The van der Waals surface area contributed by atoms with Crippen LogP contribution in [-0.4, -0.2) is 28.9 Å². The van der Waals surface area contributed by atoms with Gasteiger partial charge in [-0.1, -0.05) is 56.3 Å². The molecule has 0 spiro atoms. The summed E-state index contributed by atoms with van der Waals surface area (Å²) in [6.07, 6.45) is -0.162. The lowest BCUT2D eigenvalue weighted by Gasteiger charge is -2.12. The Kier molecular flexibility index (Phi) is 5.39. The molecule has 2 rings (SSSR count). The Morgan fingerprint density at radius 3 is 2.61 bits per heavy atom. The molecule has 1 unspecified atom stereocenters. The number of aromatic nitrogens is 1. The Bertz CT molecular complexity index is 632. The summed E-state index contributed by atoms with van der Waals surface area (Å²) in [5.74, 6) is 1.04. The van der Waals surface area contributed by atoms with E-state index in [1.54, 1.807) is 6.07 Å². The molecular formula is C17H23N3O3. The molecule has 0 aliphatic carbocycles. The number of anilines is 1. The predicted molar refractivity (Wildman–Crippen MR) is 88.4 cm³/mol. The van der Waals surface area contributed by atoms with Crippen molar-refractivity contribution >= 4 is 11.8 Å². The summed E-state index contributed by atoms with van der Waals surface area (Å²) in [5, 5.41) is 19.0. The summed E-state index contributed by atoms with van der Waals surface area (Å²) in [6.45, 7) is 6.15. The molecule has 0 radical (unpaired) electrons. The number of hydrogen-bond donors (Lipinski definition) is 3. The molecule has 6 nitrogen and oxygen atoms in total.